The van der Waals surface area contributed by atoms with Crippen LogP contribution in [-0.2, 0) is 28.6 Å². The lowest BCUT2D eigenvalue weighted by molar-refractivity contribution is -0.167. The smallest absolute Gasteiger partial charge is 0.306 e. The second kappa shape index (κ2) is 52.5. The van der Waals surface area contributed by atoms with Crippen LogP contribution in [0.4, 0.5) is 0 Å². The molecule has 6 heteroatoms. The summed E-state index contributed by atoms with van der Waals surface area (Å²) in [6, 6.07) is 0. The summed E-state index contributed by atoms with van der Waals surface area (Å²) in [6.45, 7) is 6.54. The highest BCUT2D eigenvalue weighted by atomic mass is 16.6. The highest BCUT2D eigenvalue weighted by Crippen LogP contribution is 2.13. The normalized spacial score (nSPS) is 12.6. The molecule has 0 amide bonds. The summed E-state index contributed by atoms with van der Waals surface area (Å²) < 4.78 is 16.8. The van der Waals surface area contributed by atoms with Crippen molar-refractivity contribution in [3.8, 4) is 0 Å². The molecule has 0 saturated heterocycles. The van der Waals surface area contributed by atoms with Gasteiger partial charge in [-0.25, -0.2) is 0 Å². The summed E-state index contributed by atoms with van der Waals surface area (Å²) in [6.07, 6.45) is 65.9. The molecule has 0 aliphatic rings. The van der Waals surface area contributed by atoms with Crippen LogP contribution in [0.3, 0.4) is 0 Å². The molecule has 0 rings (SSSR count). The fraction of sp³-hybridized carbons (Fsp3) is 0.741. The Morgan fingerprint density at radius 3 is 0.922 bits per heavy atom. The fourth-order valence-electron chi connectivity index (χ4n) is 7.30. The Kier molecular flexibility index (Phi) is 49.9. The molecule has 0 aliphatic carbocycles. The predicted octanol–water partition coefficient (Wildman–Crippen LogP) is 17.8. The molecule has 6 nitrogen and oxygen atoms in total. The third-order valence-corrected chi connectivity index (χ3v) is 11.4. The van der Waals surface area contributed by atoms with Gasteiger partial charge >= 0.3 is 17.9 Å². The SMILES string of the molecule is CCCCC/C=C/C/C=C/C/C=C/CCCCCCC(=O)OC[C@@H](COC(=O)CCCCCCC/C=C/CCCCCCC)OC(=O)CCCCCCC/C=C/C/C=C/CCCCC. The lowest BCUT2D eigenvalue weighted by Crippen LogP contribution is -2.30. The van der Waals surface area contributed by atoms with Crippen molar-refractivity contribution >= 4 is 17.9 Å². The zero-order valence-electron chi connectivity index (χ0n) is 42.0. The summed E-state index contributed by atoms with van der Waals surface area (Å²) in [7, 11) is 0. The number of rotatable bonds is 48. The standard InChI is InChI=1S/C58H100O6/c1-4-7-10-13-16-19-22-25-28-29-31-33-36-39-42-45-48-51-57(60)63-54-55(53-62-56(59)50-47-44-41-38-35-32-27-24-21-18-15-12-9-6-3)64-58(61)52-49-46-43-40-37-34-30-26-23-20-17-14-11-8-5-2/h16-17,19-20,24-28,30-31,33,55H,4-15,18,21-23,29,32,34-54H2,1-3H3/b19-16+,20-17+,27-24+,28-25+,30-26+,33-31+/t55-/m1/s1. The number of hydrogen-bond donors (Lipinski definition) is 0. The highest BCUT2D eigenvalue weighted by molar-refractivity contribution is 5.71. The van der Waals surface area contributed by atoms with Gasteiger partial charge in [-0.05, 0) is 116 Å². The Hall–Kier alpha value is -3.15. The van der Waals surface area contributed by atoms with E-state index in [1.165, 1.54) is 103 Å². The van der Waals surface area contributed by atoms with Gasteiger partial charge in [0.05, 0.1) is 0 Å². The number of ether oxygens (including phenoxy) is 3. The van der Waals surface area contributed by atoms with Crippen LogP contribution < -0.4 is 0 Å². The van der Waals surface area contributed by atoms with Gasteiger partial charge in [-0.3, -0.25) is 14.4 Å². The van der Waals surface area contributed by atoms with Crippen LogP contribution in [-0.4, -0.2) is 37.2 Å². The van der Waals surface area contributed by atoms with Crippen molar-refractivity contribution in [2.45, 2.75) is 264 Å². The van der Waals surface area contributed by atoms with Crippen LogP contribution in [0.2, 0.25) is 0 Å². The van der Waals surface area contributed by atoms with E-state index < -0.39 is 6.10 Å². The molecule has 0 heterocycles. The summed E-state index contributed by atoms with van der Waals surface area (Å²) >= 11 is 0. The van der Waals surface area contributed by atoms with Crippen molar-refractivity contribution < 1.29 is 28.6 Å². The molecule has 0 aliphatic heterocycles. The fourth-order valence-corrected chi connectivity index (χ4v) is 7.30. The number of carbonyl (C=O) groups excluding carboxylic acids is 3. The molecule has 64 heavy (non-hydrogen) atoms. The first-order valence-electron chi connectivity index (χ1n) is 26.9. The average Bonchev–Trinajstić information content (AvgIpc) is 3.29. The molecule has 0 N–H and O–H groups in total. The Morgan fingerprint density at radius 2 is 0.562 bits per heavy atom. The van der Waals surface area contributed by atoms with Crippen molar-refractivity contribution in [2.75, 3.05) is 13.2 Å². The van der Waals surface area contributed by atoms with E-state index >= 15 is 0 Å². The molecule has 0 saturated carbocycles. The molecule has 0 aromatic heterocycles. The minimum absolute atomic E-state index is 0.0928. The first-order chi connectivity index (χ1) is 31.5. The molecule has 0 spiro atoms. The third kappa shape index (κ3) is 49.9. The van der Waals surface area contributed by atoms with Crippen LogP contribution >= 0.6 is 0 Å². The van der Waals surface area contributed by atoms with Crippen molar-refractivity contribution in [1.29, 1.82) is 0 Å². The molecule has 0 radical (unpaired) electrons. The Labute approximate surface area is 395 Å². The van der Waals surface area contributed by atoms with E-state index in [0.29, 0.717) is 19.3 Å². The van der Waals surface area contributed by atoms with Crippen LogP contribution in [0.5, 0.6) is 0 Å². The zero-order chi connectivity index (χ0) is 46.5. The van der Waals surface area contributed by atoms with E-state index in [1.807, 2.05) is 0 Å². The topological polar surface area (TPSA) is 78.9 Å². The monoisotopic (exact) mass is 893 g/mol. The number of esters is 3. The maximum atomic E-state index is 12.8. The summed E-state index contributed by atoms with van der Waals surface area (Å²) in [5.74, 6) is -0.934. The van der Waals surface area contributed by atoms with E-state index in [-0.39, 0.29) is 31.1 Å². The van der Waals surface area contributed by atoms with E-state index in [4.69, 9.17) is 14.2 Å². The van der Waals surface area contributed by atoms with Crippen molar-refractivity contribution in [3.05, 3.63) is 72.9 Å². The maximum Gasteiger partial charge on any atom is 0.306 e. The number of carbonyl (C=O) groups is 3. The minimum atomic E-state index is -0.795. The van der Waals surface area contributed by atoms with Crippen LogP contribution in [0, 0.1) is 0 Å². The Morgan fingerprint density at radius 1 is 0.312 bits per heavy atom. The number of unbranched alkanes of at least 4 members (excludes halogenated alkanes) is 25. The van der Waals surface area contributed by atoms with Crippen molar-refractivity contribution in [2.24, 2.45) is 0 Å². The van der Waals surface area contributed by atoms with E-state index in [0.717, 1.165) is 116 Å². The zero-order valence-corrected chi connectivity index (χ0v) is 42.0. The predicted molar refractivity (Wildman–Crippen MR) is 274 cm³/mol. The van der Waals surface area contributed by atoms with Crippen LogP contribution in [0.15, 0.2) is 72.9 Å². The molecule has 0 aromatic carbocycles. The van der Waals surface area contributed by atoms with E-state index in [9.17, 15) is 14.4 Å². The highest BCUT2D eigenvalue weighted by Gasteiger charge is 2.19. The summed E-state index contributed by atoms with van der Waals surface area (Å²) in [5, 5.41) is 0. The average molecular weight is 893 g/mol. The maximum absolute atomic E-state index is 12.8. The second-order valence-electron chi connectivity index (χ2n) is 17.8. The second-order valence-corrected chi connectivity index (χ2v) is 17.8. The Bertz CT molecular complexity index is 1210. The van der Waals surface area contributed by atoms with E-state index in [1.54, 1.807) is 0 Å². The number of allylic oxidation sites excluding steroid dienone is 12. The van der Waals surface area contributed by atoms with Gasteiger partial charge in [0.25, 0.3) is 0 Å². The molecule has 0 aromatic rings. The van der Waals surface area contributed by atoms with Gasteiger partial charge in [0.15, 0.2) is 6.10 Å². The van der Waals surface area contributed by atoms with E-state index in [2.05, 4.69) is 93.7 Å². The van der Waals surface area contributed by atoms with Gasteiger partial charge < -0.3 is 14.2 Å². The molecule has 0 bridgehead atoms. The molecule has 368 valence electrons. The van der Waals surface area contributed by atoms with Gasteiger partial charge in [0.2, 0.25) is 0 Å². The molecular weight excluding hydrogens is 793 g/mol. The summed E-state index contributed by atoms with van der Waals surface area (Å²) in [4.78, 5) is 38.0. The van der Waals surface area contributed by atoms with Crippen molar-refractivity contribution in [1.82, 2.24) is 0 Å². The van der Waals surface area contributed by atoms with Gasteiger partial charge in [-0.15, -0.1) is 0 Å². The lowest BCUT2D eigenvalue weighted by atomic mass is 10.1. The van der Waals surface area contributed by atoms with Gasteiger partial charge in [-0.1, -0.05) is 196 Å². The lowest BCUT2D eigenvalue weighted by Gasteiger charge is -2.18. The van der Waals surface area contributed by atoms with Crippen LogP contribution in [0.1, 0.15) is 258 Å². The molecular formula is C58H100O6. The summed E-state index contributed by atoms with van der Waals surface area (Å²) in [5.41, 5.74) is 0. The quantitative estimate of drug-likeness (QED) is 0.0262. The van der Waals surface area contributed by atoms with Gasteiger partial charge in [0, 0.05) is 19.3 Å². The van der Waals surface area contributed by atoms with Crippen LogP contribution in [0.25, 0.3) is 0 Å². The molecule has 1 atom stereocenters. The Balaban J connectivity index is 4.46. The van der Waals surface area contributed by atoms with Gasteiger partial charge in [-0.2, -0.15) is 0 Å². The first-order valence-corrected chi connectivity index (χ1v) is 26.9. The van der Waals surface area contributed by atoms with Gasteiger partial charge in [0.1, 0.15) is 13.2 Å². The molecule has 0 unspecified atom stereocenters. The van der Waals surface area contributed by atoms with Crippen molar-refractivity contribution in [3.63, 3.8) is 0 Å². The molecule has 0 fully saturated rings. The third-order valence-electron chi connectivity index (χ3n) is 11.4. The first kappa shape index (κ1) is 60.9. The minimum Gasteiger partial charge on any atom is -0.462 e. The number of hydrogen-bond acceptors (Lipinski definition) is 6. The largest absolute Gasteiger partial charge is 0.462 e.